The molecule has 2 nitrogen and oxygen atoms in total. The Morgan fingerprint density at radius 3 is 1.35 bits per heavy atom. The van der Waals surface area contributed by atoms with Crippen LogP contribution < -0.4 is 0 Å². The summed E-state index contributed by atoms with van der Waals surface area (Å²) >= 11 is 0. The van der Waals surface area contributed by atoms with E-state index < -0.39 is 0 Å². The largest absolute Gasteiger partial charge is 0.309 e. The quantitative estimate of drug-likeness (QED) is 0.175. The van der Waals surface area contributed by atoms with Crippen molar-refractivity contribution in [3.05, 3.63) is 194 Å². The summed E-state index contributed by atoms with van der Waals surface area (Å²) in [5.41, 5.74) is 15.8. The number of hydrogen-bond donors (Lipinski definition) is 0. The molecular formula is C49H34N2. The molecule has 0 saturated heterocycles. The van der Waals surface area contributed by atoms with Gasteiger partial charge in [-0.2, -0.15) is 0 Å². The predicted molar refractivity (Wildman–Crippen MR) is 216 cm³/mol. The van der Waals surface area contributed by atoms with Crippen LogP contribution in [0, 0.1) is 6.92 Å². The maximum absolute atomic E-state index is 2.40. The van der Waals surface area contributed by atoms with Crippen molar-refractivity contribution < 1.29 is 0 Å². The van der Waals surface area contributed by atoms with Gasteiger partial charge in [0.15, 0.2) is 0 Å². The highest BCUT2D eigenvalue weighted by Gasteiger charge is 2.17. The first-order chi connectivity index (χ1) is 25.2. The van der Waals surface area contributed by atoms with Gasteiger partial charge in [-0.3, -0.25) is 0 Å². The van der Waals surface area contributed by atoms with Gasteiger partial charge in [0.05, 0.1) is 22.1 Å². The standard InChI is InChI=1S/C49H34N2/c1-33-20-25-39(26-21-33)51-46-19-11-10-18-42(46)43-30-35(22-27-47(43)51)36-23-28-48-44(31-36)45-32-37(24-29-49(45)50(48)38-14-6-3-7-15-38)41-17-9-8-16-40(41)34-12-4-2-5-13-34/h2-32H,1H3. The van der Waals surface area contributed by atoms with Gasteiger partial charge in [-0.1, -0.05) is 127 Å². The number of rotatable bonds is 5. The van der Waals surface area contributed by atoms with Crippen molar-refractivity contribution in [2.75, 3.05) is 0 Å². The van der Waals surface area contributed by atoms with Gasteiger partial charge in [0, 0.05) is 32.9 Å². The molecule has 0 aliphatic carbocycles. The fourth-order valence-corrected chi connectivity index (χ4v) is 7.95. The van der Waals surface area contributed by atoms with Crippen LogP contribution in [0.1, 0.15) is 5.56 Å². The number of aryl methyl sites for hydroxylation is 1. The van der Waals surface area contributed by atoms with Gasteiger partial charge in [0.1, 0.15) is 0 Å². The summed E-state index contributed by atoms with van der Waals surface area (Å²) in [6.07, 6.45) is 0. The van der Waals surface area contributed by atoms with E-state index in [2.05, 4.69) is 204 Å². The molecular weight excluding hydrogens is 617 g/mol. The Kier molecular flexibility index (Phi) is 6.75. The lowest BCUT2D eigenvalue weighted by Crippen LogP contribution is -1.93. The highest BCUT2D eigenvalue weighted by atomic mass is 15.0. The van der Waals surface area contributed by atoms with Crippen LogP contribution in [-0.2, 0) is 0 Å². The third-order valence-electron chi connectivity index (χ3n) is 10.4. The van der Waals surface area contributed by atoms with Crippen molar-refractivity contribution in [1.29, 1.82) is 0 Å². The summed E-state index contributed by atoms with van der Waals surface area (Å²) in [7, 11) is 0. The van der Waals surface area contributed by atoms with Crippen molar-refractivity contribution in [2.24, 2.45) is 0 Å². The summed E-state index contributed by atoms with van der Waals surface area (Å²) in [4.78, 5) is 0. The summed E-state index contributed by atoms with van der Waals surface area (Å²) in [5.74, 6) is 0. The van der Waals surface area contributed by atoms with E-state index in [0.717, 1.165) is 5.69 Å². The van der Waals surface area contributed by atoms with E-state index >= 15 is 0 Å². The predicted octanol–water partition coefficient (Wildman–Crippen LogP) is 13.2. The van der Waals surface area contributed by atoms with Crippen molar-refractivity contribution in [2.45, 2.75) is 6.92 Å². The fraction of sp³-hybridized carbons (Fsp3) is 0.0204. The minimum absolute atomic E-state index is 1.16. The van der Waals surface area contributed by atoms with Crippen molar-refractivity contribution in [3.63, 3.8) is 0 Å². The van der Waals surface area contributed by atoms with Gasteiger partial charge in [0.25, 0.3) is 0 Å². The summed E-state index contributed by atoms with van der Waals surface area (Å²) in [5, 5.41) is 5.01. The van der Waals surface area contributed by atoms with E-state index in [0.29, 0.717) is 0 Å². The molecule has 2 aromatic heterocycles. The smallest absolute Gasteiger partial charge is 0.0541 e. The minimum Gasteiger partial charge on any atom is -0.309 e. The normalized spacial score (nSPS) is 11.6. The van der Waals surface area contributed by atoms with Crippen LogP contribution in [0.5, 0.6) is 0 Å². The molecule has 0 fully saturated rings. The molecule has 240 valence electrons. The highest BCUT2D eigenvalue weighted by molar-refractivity contribution is 6.13. The van der Waals surface area contributed by atoms with E-state index in [1.165, 1.54) is 88.2 Å². The van der Waals surface area contributed by atoms with Crippen LogP contribution in [-0.4, -0.2) is 9.13 Å². The van der Waals surface area contributed by atoms with Crippen LogP contribution in [0.3, 0.4) is 0 Å². The Morgan fingerprint density at radius 2 is 0.725 bits per heavy atom. The number of benzene rings is 8. The summed E-state index contributed by atoms with van der Waals surface area (Å²) in [6, 6.07) is 68.6. The van der Waals surface area contributed by atoms with Crippen molar-refractivity contribution in [1.82, 2.24) is 9.13 Å². The number of hydrogen-bond acceptors (Lipinski definition) is 0. The zero-order chi connectivity index (χ0) is 33.9. The lowest BCUT2D eigenvalue weighted by Gasteiger charge is -2.11. The summed E-state index contributed by atoms with van der Waals surface area (Å²) < 4.78 is 4.79. The average molecular weight is 651 g/mol. The number of fused-ring (bicyclic) bond motifs is 6. The first-order valence-electron chi connectivity index (χ1n) is 17.6. The van der Waals surface area contributed by atoms with Crippen molar-refractivity contribution in [3.8, 4) is 44.8 Å². The first-order valence-corrected chi connectivity index (χ1v) is 17.6. The number of para-hydroxylation sites is 2. The third kappa shape index (κ3) is 4.80. The molecule has 0 saturated carbocycles. The van der Waals surface area contributed by atoms with Crippen LogP contribution in [0.25, 0.3) is 88.4 Å². The molecule has 0 N–H and O–H groups in total. The SMILES string of the molecule is Cc1ccc(-n2c3ccccc3c3cc(-c4ccc5c(c4)c4cc(-c6ccccc6-c6ccccc6)ccc4n5-c4ccccc4)ccc32)cc1. The molecule has 0 unspecified atom stereocenters. The second kappa shape index (κ2) is 11.8. The molecule has 2 heteroatoms. The lowest BCUT2D eigenvalue weighted by atomic mass is 9.93. The van der Waals surface area contributed by atoms with Gasteiger partial charge in [-0.05, 0) is 107 Å². The number of nitrogens with zero attached hydrogens (tertiary/aromatic N) is 2. The molecule has 2 heterocycles. The van der Waals surface area contributed by atoms with E-state index in [1.54, 1.807) is 0 Å². The van der Waals surface area contributed by atoms with Gasteiger partial charge >= 0.3 is 0 Å². The van der Waals surface area contributed by atoms with Crippen molar-refractivity contribution >= 4 is 43.6 Å². The fourth-order valence-electron chi connectivity index (χ4n) is 7.95. The van der Waals surface area contributed by atoms with Crippen LogP contribution in [0.4, 0.5) is 0 Å². The highest BCUT2D eigenvalue weighted by Crippen LogP contribution is 2.40. The molecule has 0 aliphatic rings. The molecule has 0 atom stereocenters. The minimum atomic E-state index is 1.16. The molecule has 10 aromatic rings. The Morgan fingerprint density at radius 1 is 0.294 bits per heavy atom. The maximum atomic E-state index is 2.40. The topological polar surface area (TPSA) is 9.86 Å². The van der Waals surface area contributed by atoms with Crippen LogP contribution in [0.2, 0.25) is 0 Å². The molecule has 0 aliphatic heterocycles. The van der Waals surface area contributed by atoms with Crippen LogP contribution >= 0.6 is 0 Å². The Balaban J connectivity index is 1.18. The first kappa shape index (κ1) is 29.3. The third-order valence-corrected chi connectivity index (χ3v) is 10.4. The lowest BCUT2D eigenvalue weighted by molar-refractivity contribution is 1.17. The molecule has 51 heavy (non-hydrogen) atoms. The van der Waals surface area contributed by atoms with E-state index in [1.807, 2.05) is 0 Å². The zero-order valence-electron chi connectivity index (χ0n) is 28.3. The Labute approximate surface area is 297 Å². The Hall–Kier alpha value is -6.64. The van der Waals surface area contributed by atoms with Gasteiger partial charge in [-0.15, -0.1) is 0 Å². The monoisotopic (exact) mass is 650 g/mol. The molecule has 8 aromatic carbocycles. The second-order valence-electron chi connectivity index (χ2n) is 13.5. The van der Waals surface area contributed by atoms with E-state index in [9.17, 15) is 0 Å². The molecule has 0 radical (unpaired) electrons. The van der Waals surface area contributed by atoms with E-state index in [-0.39, 0.29) is 0 Å². The molecule has 0 spiro atoms. The van der Waals surface area contributed by atoms with E-state index in [4.69, 9.17) is 0 Å². The van der Waals surface area contributed by atoms with Gasteiger partial charge in [0.2, 0.25) is 0 Å². The van der Waals surface area contributed by atoms with Gasteiger partial charge in [-0.25, -0.2) is 0 Å². The van der Waals surface area contributed by atoms with Gasteiger partial charge < -0.3 is 9.13 Å². The number of aromatic nitrogens is 2. The van der Waals surface area contributed by atoms with Crippen LogP contribution in [0.15, 0.2) is 188 Å². The average Bonchev–Trinajstić information content (AvgIpc) is 3.70. The molecule has 0 amide bonds. The zero-order valence-corrected chi connectivity index (χ0v) is 28.3. The maximum Gasteiger partial charge on any atom is 0.0541 e. The molecule has 0 bridgehead atoms. The Bertz CT molecular complexity index is 2890. The summed E-state index contributed by atoms with van der Waals surface area (Å²) in [6.45, 7) is 2.14. The second-order valence-corrected chi connectivity index (χ2v) is 13.5. The molecule has 10 rings (SSSR count).